The smallest absolute Gasteiger partial charge is 0.372 e. The summed E-state index contributed by atoms with van der Waals surface area (Å²) in [6.07, 6.45) is -0.487. The van der Waals surface area contributed by atoms with Gasteiger partial charge in [-0.15, -0.1) is 0 Å². The highest BCUT2D eigenvalue weighted by Gasteiger charge is 2.19. The molecule has 0 aliphatic heterocycles. The normalized spacial score (nSPS) is 10.0. The van der Waals surface area contributed by atoms with Crippen LogP contribution in [0, 0.1) is 10.1 Å². The van der Waals surface area contributed by atoms with Crippen LogP contribution in [0.15, 0.2) is 48.5 Å². The number of nitro benzene ring substituents is 1. The van der Waals surface area contributed by atoms with E-state index in [0.717, 1.165) is 6.07 Å². The molecule has 0 heterocycles. The van der Waals surface area contributed by atoms with Crippen LogP contribution in [-0.4, -0.2) is 21.8 Å². The van der Waals surface area contributed by atoms with Gasteiger partial charge in [0.1, 0.15) is 11.5 Å². The predicted octanol–water partition coefficient (Wildman–Crippen LogP) is 2.58. The lowest BCUT2D eigenvalue weighted by molar-refractivity contribution is -0.384. The third-order valence-corrected chi connectivity index (χ3v) is 2.82. The molecule has 0 saturated heterocycles. The summed E-state index contributed by atoms with van der Waals surface area (Å²) in [6.45, 7) is 0. The minimum Gasteiger partial charge on any atom is -0.475 e. The summed E-state index contributed by atoms with van der Waals surface area (Å²) in [5.74, 6) is -2.00. The first-order chi connectivity index (χ1) is 10.5. The number of nitrogens with zero attached hydrogens (tertiary/aromatic N) is 1. The van der Waals surface area contributed by atoms with Crippen LogP contribution in [0.1, 0.15) is 5.56 Å². The monoisotopic (exact) mass is 301 g/mol. The number of ketones is 1. The zero-order chi connectivity index (χ0) is 16.1. The van der Waals surface area contributed by atoms with Crippen molar-refractivity contribution in [2.75, 3.05) is 0 Å². The fourth-order valence-corrected chi connectivity index (χ4v) is 1.78. The zero-order valence-electron chi connectivity index (χ0n) is 11.3. The molecule has 2 aromatic rings. The summed E-state index contributed by atoms with van der Waals surface area (Å²) < 4.78 is 5.56. The minimum absolute atomic E-state index is 0.144. The number of rotatable bonds is 6. The van der Waals surface area contributed by atoms with Crippen molar-refractivity contribution in [3.8, 4) is 11.5 Å². The fourth-order valence-electron chi connectivity index (χ4n) is 1.78. The molecule has 2 rings (SSSR count). The second-order valence-corrected chi connectivity index (χ2v) is 4.37. The number of carboxylic acids is 1. The van der Waals surface area contributed by atoms with E-state index in [2.05, 4.69) is 0 Å². The number of benzene rings is 2. The van der Waals surface area contributed by atoms with E-state index in [4.69, 9.17) is 9.84 Å². The third-order valence-electron chi connectivity index (χ3n) is 2.82. The number of carboxylic acid groups (broad SMARTS) is 1. The summed E-state index contributed by atoms with van der Waals surface area (Å²) in [5.41, 5.74) is -0.0981. The number of hydrogen-bond acceptors (Lipinski definition) is 5. The maximum absolute atomic E-state index is 11.4. The lowest BCUT2D eigenvalue weighted by Gasteiger charge is -2.10. The Morgan fingerprint density at radius 2 is 1.82 bits per heavy atom. The van der Waals surface area contributed by atoms with Crippen LogP contribution < -0.4 is 4.74 Å². The highest BCUT2D eigenvalue weighted by atomic mass is 16.6. The molecular formula is C15H11NO6. The number of nitro groups is 1. The van der Waals surface area contributed by atoms with Crippen molar-refractivity contribution in [1.29, 1.82) is 0 Å². The molecule has 0 saturated carbocycles. The van der Waals surface area contributed by atoms with E-state index in [1.165, 1.54) is 12.1 Å². The van der Waals surface area contributed by atoms with E-state index in [-0.39, 0.29) is 17.0 Å². The number of carbonyl (C=O) groups excluding carboxylic acids is 1. The maximum Gasteiger partial charge on any atom is 0.372 e. The second kappa shape index (κ2) is 6.49. The summed E-state index contributed by atoms with van der Waals surface area (Å²) >= 11 is 0. The van der Waals surface area contributed by atoms with Crippen LogP contribution in [0.4, 0.5) is 5.69 Å². The molecule has 0 radical (unpaired) electrons. The molecule has 0 atom stereocenters. The van der Waals surface area contributed by atoms with Gasteiger partial charge in [-0.2, -0.15) is 0 Å². The van der Waals surface area contributed by atoms with Gasteiger partial charge in [0.15, 0.2) is 0 Å². The number of carbonyl (C=O) groups is 2. The van der Waals surface area contributed by atoms with Gasteiger partial charge in [0, 0.05) is 24.1 Å². The largest absolute Gasteiger partial charge is 0.475 e. The Morgan fingerprint density at radius 3 is 2.41 bits per heavy atom. The standard InChI is InChI=1S/C15H11NO6/c17-13(15(18)19)9-10-8-11(16(20)21)6-7-14(10)22-12-4-2-1-3-5-12/h1-8H,9H2,(H,18,19). The number of aliphatic carboxylic acids is 1. The van der Waals surface area contributed by atoms with Crippen molar-refractivity contribution in [2.45, 2.75) is 6.42 Å². The van der Waals surface area contributed by atoms with E-state index >= 15 is 0 Å². The van der Waals surface area contributed by atoms with Gasteiger partial charge in [0.25, 0.3) is 5.69 Å². The Bertz CT molecular complexity index is 726. The molecular weight excluding hydrogens is 290 g/mol. The first-order valence-electron chi connectivity index (χ1n) is 6.23. The van der Waals surface area contributed by atoms with Gasteiger partial charge < -0.3 is 9.84 Å². The zero-order valence-corrected chi connectivity index (χ0v) is 11.3. The third kappa shape index (κ3) is 3.66. The average Bonchev–Trinajstić information content (AvgIpc) is 2.49. The lowest BCUT2D eigenvalue weighted by atomic mass is 10.1. The highest BCUT2D eigenvalue weighted by Crippen LogP contribution is 2.29. The van der Waals surface area contributed by atoms with Crippen LogP contribution in [-0.2, 0) is 16.0 Å². The first kappa shape index (κ1) is 15.2. The number of hydrogen-bond donors (Lipinski definition) is 1. The van der Waals surface area contributed by atoms with Gasteiger partial charge in [0.05, 0.1) is 4.92 Å². The molecule has 0 aliphatic rings. The van der Waals surface area contributed by atoms with Crippen LogP contribution in [0.25, 0.3) is 0 Å². The highest BCUT2D eigenvalue weighted by molar-refractivity contribution is 6.33. The van der Waals surface area contributed by atoms with Crippen LogP contribution >= 0.6 is 0 Å². The van der Waals surface area contributed by atoms with E-state index in [9.17, 15) is 19.7 Å². The maximum atomic E-state index is 11.4. The Hall–Kier alpha value is -3.22. The predicted molar refractivity (Wildman–Crippen MR) is 76.0 cm³/mol. The van der Waals surface area contributed by atoms with E-state index in [1.54, 1.807) is 30.3 Å². The van der Waals surface area contributed by atoms with Gasteiger partial charge >= 0.3 is 5.97 Å². The molecule has 0 spiro atoms. The minimum atomic E-state index is -1.60. The number of Topliss-reactive ketones (excluding diaryl/α,β-unsaturated/α-hetero) is 1. The van der Waals surface area contributed by atoms with Gasteiger partial charge in [-0.25, -0.2) is 4.79 Å². The molecule has 0 bridgehead atoms. The molecule has 7 heteroatoms. The number of para-hydroxylation sites is 1. The Labute approximate surface area is 124 Å². The summed E-state index contributed by atoms with van der Waals surface area (Å²) in [6, 6.07) is 12.3. The lowest BCUT2D eigenvalue weighted by Crippen LogP contribution is -2.15. The van der Waals surface area contributed by atoms with E-state index in [0.29, 0.717) is 5.75 Å². The molecule has 0 unspecified atom stereocenters. The molecule has 0 amide bonds. The van der Waals surface area contributed by atoms with Gasteiger partial charge in [0.2, 0.25) is 5.78 Å². The van der Waals surface area contributed by atoms with Crippen molar-refractivity contribution >= 4 is 17.4 Å². The molecule has 0 aliphatic carbocycles. The SMILES string of the molecule is O=C(O)C(=O)Cc1cc([N+](=O)[O-])ccc1Oc1ccccc1. The Kier molecular flexibility index (Phi) is 4.47. The quantitative estimate of drug-likeness (QED) is 0.499. The fraction of sp³-hybridized carbons (Fsp3) is 0.0667. The van der Waals surface area contributed by atoms with E-state index in [1.807, 2.05) is 0 Å². The Morgan fingerprint density at radius 1 is 1.14 bits per heavy atom. The summed E-state index contributed by atoms with van der Waals surface area (Å²) in [7, 11) is 0. The molecule has 0 aromatic heterocycles. The molecule has 7 nitrogen and oxygen atoms in total. The van der Waals surface area contributed by atoms with Crippen molar-refractivity contribution in [3.05, 3.63) is 64.2 Å². The molecule has 22 heavy (non-hydrogen) atoms. The average molecular weight is 301 g/mol. The first-order valence-corrected chi connectivity index (χ1v) is 6.23. The topological polar surface area (TPSA) is 107 Å². The molecule has 1 N–H and O–H groups in total. The molecule has 2 aromatic carbocycles. The van der Waals surface area contributed by atoms with Crippen LogP contribution in [0.2, 0.25) is 0 Å². The Balaban J connectivity index is 2.37. The summed E-state index contributed by atoms with van der Waals surface area (Å²) in [5, 5.41) is 19.5. The second-order valence-electron chi connectivity index (χ2n) is 4.37. The summed E-state index contributed by atoms with van der Waals surface area (Å²) in [4.78, 5) is 32.2. The van der Waals surface area contributed by atoms with Crippen molar-refractivity contribution < 1.29 is 24.4 Å². The van der Waals surface area contributed by atoms with Crippen LogP contribution in [0.3, 0.4) is 0 Å². The van der Waals surface area contributed by atoms with Crippen LogP contribution in [0.5, 0.6) is 11.5 Å². The molecule has 112 valence electrons. The van der Waals surface area contributed by atoms with Gasteiger partial charge in [-0.3, -0.25) is 14.9 Å². The van der Waals surface area contributed by atoms with Crippen molar-refractivity contribution in [1.82, 2.24) is 0 Å². The van der Waals surface area contributed by atoms with Gasteiger partial charge in [-0.05, 0) is 18.2 Å². The number of non-ortho nitro benzene ring substituents is 1. The van der Waals surface area contributed by atoms with Gasteiger partial charge in [-0.1, -0.05) is 18.2 Å². The van der Waals surface area contributed by atoms with Crippen molar-refractivity contribution in [2.24, 2.45) is 0 Å². The molecule has 0 fully saturated rings. The van der Waals surface area contributed by atoms with Crippen molar-refractivity contribution in [3.63, 3.8) is 0 Å². The number of ether oxygens (including phenoxy) is 1. The van der Waals surface area contributed by atoms with E-state index < -0.39 is 23.1 Å².